The van der Waals surface area contributed by atoms with E-state index in [1.165, 1.54) is 12.4 Å². The minimum atomic E-state index is 0.295. The maximum atomic E-state index is 10.4. The number of nitrogens with zero attached hydrogens (tertiary/aromatic N) is 2. The van der Waals surface area contributed by atoms with Crippen molar-refractivity contribution in [3.8, 4) is 5.75 Å². The zero-order valence-electron chi connectivity index (χ0n) is 8.54. The Hall–Kier alpha value is -2.23. The predicted molar refractivity (Wildman–Crippen MR) is 58.2 cm³/mol. The topological polar surface area (TPSA) is 52.1 Å². The summed E-state index contributed by atoms with van der Waals surface area (Å²) in [5.74, 6) is 1.32. The van der Waals surface area contributed by atoms with Crippen LogP contribution in [-0.4, -0.2) is 16.3 Å². The average molecular weight is 214 g/mol. The SMILES string of the molecule is O=Cc1cnc(COc2ccccc2)nc1. The third kappa shape index (κ3) is 2.63. The summed E-state index contributed by atoms with van der Waals surface area (Å²) in [6.07, 6.45) is 3.66. The van der Waals surface area contributed by atoms with Crippen LogP contribution >= 0.6 is 0 Å². The van der Waals surface area contributed by atoms with Crippen LogP contribution in [0.5, 0.6) is 5.75 Å². The Morgan fingerprint density at radius 1 is 1.12 bits per heavy atom. The smallest absolute Gasteiger partial charge is 0.166 e. The summed E-state index contributed by atoms with van der Waals surface area (Å²) >= 11 is 0. The van der Waals surface area contributed by atoms with Crippen LogP contribution in [0.3, 0.4) is 0 Å². The maximum Gasteiger partial charge on any atom is 0.166 e. The van der Waals surface area contributed by atoms with E-state index in [0.717, 1.165) is 5.75 Å². The number of para-hydroxylation sites is 1. The van der Waals surface area contributed by atoms with Crippen LogP contribution in [0, 0.1) is 0 Å². The van der Waals surface area contributed by atoms with Crippen molar-refractivity contribution in [2.24, 2.45) is 0 Å². The van der Waals surface area contributed by atoms with Crippen LogP contribution < -0.4 is 4.74 Å². The molecule has 0 aliphatic heterocycles. The highest BCUT2D eigenvalue weighted by Gasteiger charge is 1.98. The lowest BCUT2D eigenvalue weighted by Crippen LogP contribution is -2.01. The molecular weight excluding hydrogens is 204 g/mol. The van der Waals surface area contributed by atoms with Crippen molar-refractivity contribution in [2.75, 3.05) is 0 Å². The quantitative estimate of drug-likeness (QED) is 0.729. The van der Waals surface area contributed by atoms with E-state index in [1.54, 1.807) is 0 Å². The van der Waals surface area contributed by atoms with E-state index >= 15 is 0 Å². The van der Waals surface area contributed by atoms with E-state index in [1.807, 2.05) is 30.3 Å². The monoisotopic (exact) mass is 214 g/mol. The normalized spacial score (nSPS) is 9.75. The van der Waals surface area contributed by atoms with Gasteiger partial charge in [-0.25, -0.2) is 9.97 Å². The minimum absolute atomic E-state index is 0.295. The van der Waals surface area contributed by atoms with Crippen molar-refractivity contribution in [2.45, 2.75) is 6.61 Å². The molecule has 0 bridgehead atoms. The molecular formula is C12H10N2O2. The van der Waals surface area contributed by atoms with E-state index in [0.29, 0.717) is 24.3 Å². The van der Waals surface area contributed by atoms with E-state index in [-0.39, 0.29) is 0 Å². The molecule has 0 saturated carbocycles. The highest BCUT2D eigenvalue weighted by atomic mass is 16.5. The number of ether oxygens (including phenoxy) is 1. The van der Waals surface area contributed by atoms with Gasteiger partial charge in [0.15, 0.2) is 12.1 Å². The van der Waals surface area contributed by atoms with Gasteiger partial charge in [0.1, 0.15) is 12.4 Å². The zero-order valence-corrected chi connectivity index (χ0v) is 8.54. The van der Waals surface area contributed by atoms with Crippen molar-refractivity contribution in [1.82, 2.24) is 9.97 Å². The molecule has 1 heterocycles. The summed E-state index contributed by atoms with van der Waals surface area (Å²) < 4.78 is 5.45. The Kier molecular flexibility index (Phi) is 3.23. The van der Waals surface area contributed by atoms with Crippen molar-refractivity contribution < 1.29 is 9.53 Å². The van der Waals surface area contributed by atoms with Gasteiger partial charge in [0.25, 0.3) is 0 Å². The first-order valence-corrected chi connectivity index (χ1v) is 4.82. The first-order chi connectivity index (χ1) is 7.88. The molecule has 0 amide bonds. The Bertz CT molecular complexity index is 454. The number of rotatable bonds is 4. The molecule has 0 unspecified atom stereocenters. The number of aromatic nitrogens is 2. The van der Waals surface area contributed by atoms with E-state index in [9.17, 15) is 4.79 Å². The van der Waals surface area contributed by atoms with Crippen LogP contribution in [0.2, 0.25) is 0 Å². The van der Waals surface area contributed by atoms with E-state index in [2.05, 4.69) is 9.97 Å². The van der Waals surface area contributed by atoms with Gasteiger partial charge in [-0.15, -0.1) is 0 Å². The molecule has 4 nitrogen and oxygen atoms in total. The summed E-state index contributed by atoms with van der Waals surface area (Å²) in [6.45, 7) is 0.295. The highest BCUT2D eigenvalue weighted by Crippen LogP contribution is 2.09. The van der Waals surface area contributed by atoms with Gasteiger partial charge < -0.3 is 4.74 Å². The van der Waals surface area contributed by atoms with Crippen LogP contribution in [0.4, 0.5) is 0 Å². The van der Waals surface area contributed by atoms with Crippen molar-refractivity contribution in [3.05, 3.63) is 54.1 Å². The van der Waals surface area contributed by atoms with Gasteiger partial charge in [0.05, 0.1) is 5.56 Å². The molecule has 1 aromatic carbocycles. The molecule has 0 spiro atoms. The zero-order chi connectivity index (χ0) is 11.2. The Morgan fingerprint density at radius 2 is 1.81 bits per heavy atom. The van der Waals surface area contributed by atoms with Crippen molar-refractivity contribution in [3.63, 3.8) is 0 Å². The van der Waals surface area contributed by atoms with Gasteiger partial charge in [-0.2, -0.15) is 0 Å². The molecule has 4 heteroatoms. The molecule has 0 atom stereocenters. The lowest BCUT2D eigenvalue weighted by atomic mass is 10.3. The highest BCUT2D eigenvalue weighted by molar-refractivity contribution is 5.73. The van der Waals surface area contributed by atoms with Crippen LogP contribution in [-0.2, 0) is 6.61 Å². The molecule has 0 N–H and O–H groups in total. The van der Waals surface area contributed by atoms with Gasteiger partial charge in [-0.05, 0) is 12.1 Å². The van der Waals surface area contributed by atoms with Crippen LogP contribution in [0.15, 0.2) is 42.7 Å². The fourth-order valence-corrected chi connectivity index (χ4v) is 1.16. The van der Waals surface area contributed by atoms with Gasteiger partial charge in [-0.3, -0.25) is 4.79 Å². The Morgan fingerprint density at radius 3 is 2.44 bits per heavy atom. The third-order valence-corrected chi connectivity index (χ3v) is 1.97. The van der Waals surface area contributed by atoms with E-state index < -0.39 is 0 Å². The first kappa shape index (κ1) is 10.3. The summed E-state index contributed by atoms with van der Waals surface area (Å²) in [7, 11) is 0. The molecule has 0 aliphatic rings. The minimum Gasteiger partial charge on any atom is -0.486 e. The summed E-state index contributed by atoms with van der Waals surface area (Å²) in [5, 5.41) is 0. The van der Waals surface area contributed by atoms with Crippen molar-refractivity contribution >= 4 is 6.29 Å². The molecule has 80 valence electrons. The second kappa shape index (κ2) is 5.02. The molecule has 0 radical (unpaired) electrons. The summed E-state index contributed by atoms with van der Waals surface area (Å²) in [4.78, 5) is 18.4. The molecule has 1 aromatic heterocycles. The van der Waals surface area contributed by atoms with Gasteiger partial charge in [0, 0.05) is 12.4 Å². The molecule has 0 aliphatic carbocycles. The van der Waals surface area contributed by atoms with Crippen LogP contribution in [0.25, 0.3) is 0 Å². The molecule has 0 saturated heterocycles. The molecule has 16 heavy (non-hydrogen) atoms. The lowest BCUT2D eigenvalue weighted by Gasteiger charge is -2.04. The predicted octanol–water partition coefficient (Wildman–Crippen LogP) is 1.87. The standard InChI is InChI=1S/C12H10N2O2/c15-8-10-6-13-12(14-7-10)9-16-11-4-2-1-3-5-11/h1-8H,9H2. The molecule has 2 rings (SSSR count). The van der Waals surface area contributed by atoms with Gasteiger partial charge in [-0.1, -0.05) is 18.2 Å². The number of hydrogen-bond acceptors (Lipinski definition) is 4. The number of hydrogen-bond donors (Lipinski definition) is 0. The van der Waals surface area contributed by atoms with Gasteiger partial charge in [0.2, 0.25) is 0 Å². The Labute approximate surface area is 92.9 Å². The average Bonchev–Trinajstić information content (AvgIpc) is 2.38. The van der Waals surface area contributed by atoms with Crippen LogP contribution in [0.1, 0.15) is 16.2 Å². The maximum absolute atomic E-state index is 10.4. The molecule has 2 aromatic rings. The number of carbonyl (C=O) groups excluding carboxylic acids is 1. The van der Waals surface area contributed by atoms with Gasteiger partial charge >= 0.3 is 0 Å². The lowest BCUT2D eigenvalue weighted by molar-refractivity contribution is 0.112. The third-order valence-electron chi connectivity index (χ3n) is 1.97. The summed E-state index contributed by atoms with van der Waals surface area (Å²) in [5.41, 5.74) is 0.462. The summed E-state index contributed by atoms with van der Waals surface area (Å²) in [6, 6.07) is 9.43. The van der Waals surface area contributed by atoms with E-state index in [4.69, 9.17) is 4.74 Å². The largest absolute Gasteiger partial charge is 0.486 e. The number of carbonyl (C=O) groups is 1. The number of aldehydes is 1. The Balaban J connectivity index is 1.97. The van der Waals surface area contributed by atoms with Crippen molar-refractivity contribution in [1.29, 1.82) is 0 Å². The molecule has 0 fully saturated rings. The second-order valence-electron chi connectivity index (χ2n) is 3.15. The second-order valence-corrected chi connectivity index (χ2v) is 3.15. The first-order valence-electron chi connectivity index (χ1n) is 4.82. The number of benzene rings is 1. The fourth-order valence-electron chi connectivity index (χ4n) is 1.16. The fraction of sp³-hybridized carbons (Fsp3) is 0.0833.